The van der Waals surface area contributed by atoms with Crippen molar-refractivity contribution in [3.05, 3.63) is 453 Å². The Labute approximate surface area is 813 Å². The van der Waals surface area contributed by atoms with E-state index in [1.807, 2.05) is 144 Å². The first-order chi connectivity index (χ1) is 65.8. The van der Waals surface area contributed by atoms with Crippen LogP contribution < -0.4 is 60.9 Å². The van der Waals surface area contributed by atoms with Gasteiger partial charge in [0.05, 0.1) is 122 Å². The number of hydrogen-bond acceptors (Lipinski definition) is 12. The number of carbonyl (C=O) groups is 2. The zero-order chi connectivity index (χ0) is 98.7. The average molecular weight is 1880 g/mol. The first-order valence-corrected chi connectivity index (χ1v) is 52.2. The quantitative estimate of drug-likeness (QED) is 0.0146. The normalized spacial score (nSPS) is 11.3. The number of pyridine rings is 2. The molecule has 0 saturated heterocycles. The van der Waals surface area contributed by atoms with Gasteiger partial charge in [0.15, 0.2) is 31.3 Å². The lowest BCUT2D eigenvalue weighted by molar-refractivity contribution is -0.674. The maximum absolute atomic E-state index is 11.0. The van der Waals surface area contributed by atoms with Gasteiger partial charge in [0.1, 0.15) is 74.3 Å². The van der Waals surface area contributed by atoms with Crippen molar-refractivity contribution in [2.45, 2.75) is 58.7 Å². The highest BCUT2D eigenvalue weighted by Crippen LogP contribution is 2.60. The van der Waals surface area contributed by atoms with E-state index in [0.717, 1.165) is 36.6 Å². The third kappa shape index (κ3) is 37.9. The summed E-state index contributed by atoms with van der Waals surface area (Å²) in [5.41, 5.74) is 6.96. The number of aryl methyl sites for hydroxylation is 3. The van der Waals surface area contributed by atoms with Crippen LogP contribution in [0.4, 0.5) is 0 Å². The van der Waals surface area contributed by atoms with Gasteiger partial charge in [0.2, 0.25) is 0 Å². The Bertz CT molecular complexity index is 5490. The van der Waals surface area contributed by atoms with Crippen LogP contribution in [0.3, 0.4) is 0 Å². The van der Waals surface area contributed by atoms with E-state index in [-0.39, 0.29) is 29.7 Å². The molecule has 0 aliphatic carbocycles. The number of para-hydroxylation sites is 1. The summed E-state index contributed by atoms with van der Waals surface area (Å²) in [7, 11) is 16.1. The van der Waals surface area contributed by atoms with Gasteiger partial charge >= 0.3 is 25.0 Å². The zero-order valence-corrected chi connectivity index (χ0v) is 85.6. The van der Waals surface area contributed by atoms with Crippen molar-refractivity contribution < 1.29 is 56.3 Å². The lowest BCUT2D eigenvalue weighted by Gasteiger charge is -2.28. The van der Waals surface area contributed by atoms with Gasteiger partial charge in [-0.1, -0.05) is 242 Å². The second-order valence-electron chi connectivity index (χ2n) is 32.4. The highest BCUT2D eigenvalue weighted by atomic mass is 31.2. The summed E-state index contributed by atoms with van der Waals surface area (Å²) < 4.78 is 37.4. The monoisotopic (exact) mass is 1880 g/mol. The second-order valence-corrected chi connectivity index (χ2v) is 43.6. The molecule has 15 rings (SSSR count). The van der Waals surface area contributed by atoms with Crippen molar-refractivity contribution in [2.75, 3.05) is 102 Å². The van der Waals surface area contributed by atoms with Gasteiger partial charge in [-0.25, -0.2) is 14.2 Å². The van der Waals surface area contributed by atoms with Crippen LogP contribution in [0.15, 0.2) is 430 Å². The lowest BCUT2D eigenvalue weighted by atomic mass is 9.98. The van der Waals surface area contributed by atoms with Gasteiger partial charge in [-0.05, 0) is 144 Å². The van der Waals surface area contributed by atoms with Crippen LogP contribution in [0.5, 0.6) is 5.75 Å². The number of aliphatic imine (C=N–C) groups is 1. The smallest absolute Gasteiger partial charge is 0.500 e. The van der Waals surface area contributed by atoms with Gasteiger partial charge in [0, 0.05) is 90.6 Å². The predicted molar refractivity (Wildman–Crippen MR) is 574 cm³/mol. The summed E-state index contributed by atoms with van der Waals surface area (Å²) >= 11 is 0. The minimum absolute atomic E-state index is 0.0476. The van der Waals surface area contributed by atoms with Crippen LogP contribution in [0.2, 0.25) is 6.82 Å². The number of nitrogens with zero attached hydrogens (tertiary/aromatic N) is 8. The van der Waals surface area contributed by atoms with E-state index in [2.05, 4.69) is 353 Å². The predicted octanol–water partition coefficient (Wildman–Crippen LogP) is 20.4. The Kier molecular flexibility index (Phi) is 51.2. The molecule has 0 fully saturated rings. The molecule has 17 nitrogen and oxygen atoms in total. The van der Waals surface area contributed by atoms with Gasteiger partial charge < -0.3 is 33.7 Å². The van der Waals surface area contributed by atoms with E-state index in [1.54, 1.807) is 102 Å². The molecule has 703 valence electrons. The number of methoxy groups -OCH3 is 6. The van der Waals surface area contributed by atoms with Crippen molar-refractivity contribution in [3.63, 3.8) is 0 Å². The van der Waals surface area contributed by atoms with E-state index < -0.39 is 21.8 Å². The minimum Gasteiger partial charge on any atom is -0.500 e. The summed E-state index contributed by atoms with van der Waals surface area (Å²) in [5.74, 6) is 0.939. The number of likely N-dealkylation sites (N-methyl/N-ethyl adjacent to an activating group) is 1. The molecule has 1 radical (unpaired) electrons. The highest BCUT2D eigenvalue weighted by Gasteiger charge is 2.45. The summed E-state index contributed by atoms with van der Waals surface area (Å²) in [5, 5.41) is 17.1. The number of azo groups is 1. The topological polar surface area (TPSA) is 158 Å². The van der Waals surface area contributed by atoms with Crippen molar-refractivity contribution in [2.24, 2.45) is 31.2 Å². The molecule has 14 aromatic rings. The number of hydrogen-bond donors (Lipinski definition) is 1. The maximum atomic E-state index is 11.0. The van der Waals surface area contributed by atoms with E-state index in [9.17, 15) is 9.59 Å². The fraction of sp³-hybridized carbons (Fsp3) is 0.235. The lowest BCUT2D eigenvalue weighted by Crippen LogP contribution is -2.36. The van der Waals surface area contributed by atoms with Gasteiger partial charge in [-0.15, -0.1) is 0 Å². The van der Waals surface area contributed by atoms with Crippen LogP contribution in [-0.4, -0.2) is 143 Å². The molecule has 0 spiro atoms. The van der Waals surface area contributed by atoms with E-state index >= 15 is 0 Å². The summed E-state index contributed by atoms with van der Waals surface area (Å²) in [6.45, 7) is 22.6. The standard InChI is InChI=1S/C28H30P2.C19H18P.C17H20O2.C12H12N.C9H11NO.C8H10NO2.C7H9N2O2.C6H12N.C5H11NO.C4H7BN2/c1-29(25-15-7-3-8-16-25,26-17-9-4-10-18-26)23-24-30(2,27-19-11-5-12-20-27)28-21-13-6-14-22-28;1-20(17-11-5-2-6-12-17,18-13-7-3-8-14-18)19-15-9-4-10-16-19;1-18-16(14-9-5-3-6-10-14)13-17(19-2)15-11-7-4-8-12-15;1-13-9-7-12(8-10-13)11-5-3-2-4-6-11;1-10-7-8-5-3-4-6-9(8)11-2;1-9-6-4-3-5-7(9)8(10)11-2;1-9-4-3-8-5-6(9)7(10)11-2;1-5-7-6(2,3)4;1-5(7-3)4-6-2;1-5-7-4-2-3-6-7/h3-22H,23-24H2,1-2H3;2-16H,1H3;3-12,16-17H,13H2,1-2H3;2-10H,1H3;3-7H,1-2H3;3-6H,1-2H3;3-5H,1-2H3;1-4H3;6H,1,4H2,2-3H3;2-3H,4H2,1H3/q+2;+1;;+1;;3*+1;;+1. The molecule has 136 heavy (non-hydrogen) atoms. The van der Waals surface area contributed by atoms with E-state index in [4.69, 9.17) is 18.9 Å². The Morgan fingerprint density at radius 3 is 1.18 bits per heavy atom. The number of nitrogens with one attached hydrogen (secondary N) is 1. The van der Waals surface area contributed by atoms with Gasteiger partial charge in [-0.2, -0.15) is 13.7 Å². The van der Waals surface area contributed by atoms with Gasteiger partial charge in [0.25, 0.3) is 17.3 Å². The number of esters is 2. The molecule has 1 aliphatic rings. The molecule has 1 N–H and O–H groups in total. The molecule has 11 aromatic carbocycles. The Balaban J connectivity index is 0.000000241. The van der Waals surface area contributed by atoms with Crippen molar-refractivity contribution in [1.29, 1.82) is 0 Å². The molecular formula is C115H140BN9O8P3+8. The van der Waals surface area contributed by atoms with Crippen LogP contribution >= 0.6 is 21.8 Å². The number of aromatic nitrogens is 4. The van der Waals surface area contributed by atoms with Crippen molar-refractivity contribution in [1.82, 2.24) is 10.3 Å². The first-order valence-electron chi connectivity index (χ1n) is 45.1. The van der Waals surface area contributed by atoms with Crippen molar-refractivity contribution >= 4 is 84.5 Å². The minimum atomic E-state index is -1.53. The Morgan fingerprint density at radius 2 is 0.860 bits per heavy atom. The van der Waals surface area contributed by atoms with Crippen LogP contribution in [0.25, 0.3) is 16.0 Å². The highest BCUT2D eigenvalue weighted by molar-refractivity contribution is 7.95. The molecule has 1 aliphatic heterocycles. The van der Waals surface area contributed by atoms with Crippen LogP contribution in [0, 0.1) is 6.07 Å². The zero-order valence-electron chi connectivity index (χ0n) is 82.9. The first kappa shape index (κ1) is 112. The number of ether oxygens (including phenoxy) is 6. The summed E-state index contributed by atoms with van der Waals surface area (Å²) in [4.78, 5) is 33.7. The third-order valence-corrected chi connectivity index (χ3v) is 34.1. The molecule has 2 unspecified atom stereocenters. The fourth-order valence-electron chi connectivity index (χ4n) is 14.0. The van der Waals surface area contributed by atoms with Crippen LogP contribution in [0.1, 0.15) is 84.0 Å². The van der Waals surface area contributed by atoms with Crippen molar-refractivity contribution in [3.8, 4) is 22.9 Å². The molecule has 4 heterocycles. The molecule has 0 amide bonds. The summed E-state index contributed by atoms with van der Waals surface area (Å²) in [6, 6.07) is 128. The Hall–Kier alpha value is -13.2. The van der Waals surface area contributed by atoms with E-state index in [1.165, 1.54) is 92.1 Å². The Morgan fingerprint density at radius 1 is 0.493 bits per heavy atom. The molecular weight excluding hydrogens is 1740 g/mol. The SMILES string of the molecule is C=C(CNC)OC.CC#[N+]C(C)(C)C.CN=Cc1ccccc1OC.COC(=O)c1cccc[n+]1C.COC(=O)c1cncc[n+]1C.COC(CC(OC)c1ccccc1)c1ccccc1.C[B][N+]1=NC=CC1.C[P+](CC[P+](C)(c1ccccc1)c1ccccc1)(c1ccccc1)c1ccccc1.C[P+](c1ccccc1)(c1ccccc1)c1ccccc1.C[n+]1ccc(-c2ccccc2)cc1. The molecule has 3 aromatic heterocycles. The largest absolute Gasteiger partial charge is 0.557 e. The number of carbonyl (C=O) groups excluding carboxylic acids is 2. The second kappa shape index (κ2) is 62.4. The molecule has 21 heteroatoms. The molecule has 0 saturated carbocycles. The van der Waals surface area contributed by atoms with Crippen LogP contribution in [-0.2, 0) is 44.8 Å². The molecule has 0 bridgehead atoms. The maximum Gasteiger partial charge on any atom is 0.557 e. The molecule has 2 atom stereocenters. The summed E-state index contributed by atoms with van der Waals surface area (Å²) in [6.07, 6.45) is 19.6. The number of rotatable bonds is 25. The van der Waals surface area contributed by atoms with Gasteiger partial charge in [-0.3, -0.25) is 9.98 Å². The third-order valence-electron chi connectivity index (χ3n) is 21.8. The average Bonchev–Trinajstić information content (AvgIpc) is 1.07. The van der Waals surface area contributed by atoms with E-state index in [0.29, 0.717) is 11.4 Å². The fourth-order valence-corrected chi connectivity index (χ4v) is 25.4. The number of benzene rings is 11.